The Hall–Kier alpha value is -1.55. The molecule has 0 aliphatic carbocycles. The summed E-state index contributed by atoms with van der Waals surface area (Å²) in [6.45, 7) is 12.5. The SMILES string of the molecule is [C-]#[N+]c1cccc(C(=C)C)c1. The summed E-state index contributed by atoms with van der Waals surface area (Å²) in [5.74, 6) is 0. The lowest BCUT2D eigenvalue weighted by molar-refractivity contribution is 1.59. The first-order valence-corrected chi connectivity index (χ1v) is 3.37. The van der Waals surface area contributed by atoms with E-state index in [1.165, 1.54) is 0 Å². The maximum absolute atomic E-state index is 6.78. The summed E-state index contributed by atoms with van der Waals surface area (Å²) in [5.41, 5.74) is 2.71. The molecule has 0 aromatic heterocycles. The second-order valence-corrected chi connectivity index (χ2v) is 2.44. The quantitative estimate of drug-likeness (QED) is 0.531. The van der Waals surface area contributed by atoms with E-state index in [4.69, 9.17) is 6.57 Å². The third kappa shape index (κ3) is 1.68. The van der Waals surface area contributed by atoms with Crippen molar-refractivity contribution >= 4 is 11.3 Å². The molecular weight excluding hydrogens is 134 g/mol. The molecule has 11 heavy (non-hydrogen) atoms. The minimum atomic E-state index is 0.672. The minimum absolute atomic E-state index is 0.672. The topological polar surface area (TPSA) is 4.36 Å². The Morgan fingerprint density at radius 3 is 2.82 bits per heavy atom. The van der Waals surface area contributed by atoms with Gasteiger partial charge in [0, 0.05) is 0 Å². The fourth-order valence-electron chi connectivity index (χ4n) is 0.841. The lowest BCUT2D eigenvalue weighted by Crippen LogP contribution is -1.74. The van der Waals surface area contributed by atoms with Crippen LogP contribution in [0.2, 0.25) is 0 Å². The van der Waals surface area contributed by atoms with Crippen molar-refractivity contribution in [1.29, 1.82) is 0 Å². The molecule has 0 N–H and O–H groups in total. The van der Waals surface area contributed by atoms with E-state index in [2.05, 4.69) is 11.4 Å². The molecule has 0 saturated heterocycles. The van der Waals surface area contributed by atoms with Gasteiger partial charge in [-0.3, -0.25) is 0 Å². The Morgan fingerprint density at radius 2 is 2.27 bits per heavy atom. The Labute approximate surface area is 66.8 Å². The molecule has 1 aromatic carbocycles. The Bertz CT molecular complexity index is 318. The summed E-state index contributed by atoms with van der Waals surface area (Å²) in [5, 5.41) is 0. The zero-order valence-corrected chi connectivity index (χ0v) is 6.46. The van der Waals surface area contributed by atoms with Crippen molar-refractivity contribution in [3.05, 3.63) is 47.8 Å². The summed E-state index contributed by atoms with van der Waals surface area (Å²) < 4.78 is 0. The predicted octanol–water partition coefficient (Wildman–Crippen LogP) is 3.27. The molecule has 0 aliphatic rings. The van der Waals surface area contributed by atoms with E-state index in [1.807, 2.05) is 25.1 Å². The molecule has 0 fully saturated rings. The third-order valence-electron chi connectivity index (χ3n) is 1.47. The highest BCUT2D eigenvalue weighted by molar-refractivity contribution is 5.65. The van der Waals surface area contributed by atoms with Gasteiger partial charge in [0.1, 0.15) is 0 Å². The number of hydrogen-bond donors (Lipinski definition) is 0. The van der Waals surface area contributed by atoms with Crippen molar-refractivity contribution in [2.75, 3.05) is 0 Å². The molecule has 1 rings (SSSR count). The van der Waals surface area contributed by atoms with Gasteiger partial charge in [-0.1, -0.05) is 30.4 Å². The average Bonchev–Trinajstić information content (AvgIpc) is 2.05. The van der Waals surface area contributed by atoms with E-state index in [-0.39, 0.29) is 0 Å². The fraction of sp³-hybridized carbons (Fsp3) is 0.100. The molecule has 0 radical (unpaired) electrons. The van der Waals surface area contributed by atoms with Crippen LogP contribution in [0.5, 0.6) is 0 Å². The van der Waals surface area contributed by atoms with Gasteiger partial charge < -0.3 is 0 Å². The van der Waals surface area contributed by atoms with Gasteiger partial charge in [0.15, 0.2) is 5.69 Å². The van der Waals surface area contributed by atoms with Crippen LogP contribution in [-0.2, 0) is 0 Å². The van der Waals surface area contributed by atoms with Crippen molar-refractivity contribution < 1.29 is 0 Å². The van der Waals surface area contributed by atoms with Gasteiger partial charge in [0.2, 0.25) is 0 Å². The Balaban J connectivity index is 3.13. The number of hydrogen-bond acceptors (Lipinski definition) is 0. The first-order valence-electron chi connectivity index (χ1n) is 3.37. The minimum Gasteiger partial charge on any atom is -0.238 e. The molecule has 54 valence electrons. The van der Waals surface area contributed by atoms with Crippen LogP contribution in [0.15, 0.2) is 30.8 Å². The molecule has 0 saturated carbocycles. The number of nitrogens with zero attached hydrogens (tertiary/aromatic N) is 1. The largest absolute Gasteiger partial charge is 0.238 e. The second kappa shape index (κ2) is 3.03. The second-order valence-electron chi connectivity index (χ2n) is 2.44. The Morgan fingerprint density at radius 1 is 1.55 bits per heavy atom. The summed E-state index contributed by atoms with van der Waals surface area (Å²) >= 11 is 0. The van der Waals surface area contributed by atoms with Gasteiger partial charge in [-0.2, -0.15) is 0 Å². The maximum atomic E-state index is 6.78. The summed E-state index contributed by atoms with van der Waals surface area (Å²) in [7, 11) is 0. The van der Waals surface area contributed by atoms with Crippen LogP contribution in [0.1, 0.15) is 12.5 Å². The molecule has 0 unspecified atom stereocenters. The van der Waals surface area contributed by atoms with E-state index >= 15 is 0 Å². The molecule has 0 amide bonds. The van der Waals surface area contributed by atoms with Crippen molar-refractivity contribution in [2.24, 2.45) is 0 Å². The van der Waals surface area contributed by atoms with Crippen LogP contribution in [-0.4, -0.2) is 0 Å². The molecule has 0 heterocycles. The highest BCUT2D eigenvalue weighted by Gasteiger charge is 1.93. The Kier molecular flexibility index (Phi) is 2.08. The van der Waals surface area contributed by atoms with Crippen LogP contribution in [0.25, 0.3) is 10.4 Å². The normalized spacial score (nSPS) is 8.73. The lowest BCUT2D eigenvalue weighted by Gasteiger charge is -1.97. The number of allylic oxidation sites excluding steroid dienone is 1. The van der Waals surface area contributed by atoms with Gasteiger partial charge in [-0.25, -0.2) is 4.85 Å². The summed E-state index contributed by atoms with van der Waals surface area (Å²) in [4.78, 5) is 3.32. The van der Waals surface area contributed by atoms with Gasteiger partial charge in [0.25, 0.3) is 0 Å². The highest BCUT2D eigenvalue weighted by Crippen LogP contribution is 2.18. The monoisotopic (exact) mass is 143 g/mol. The van der Waals surface area contributed by atoms with Crippen LogP contribution in [0.4, 0.5) is 5.69 Å². The van der Waals surface area contributed by atoms with E-state index in [1.54, 1.807) is 6.07 Å². The van der Waals surface area contributed by atoms with E-state index < -0.39 is 0 Å². The van der Waals surface area contributed by atoms with Crippen LogP contribution in [0, 0.1) is 6.57 Å². The third-order valence-corrected chi connectivity index (χ3v) is 1.47. The van der Waals surface area contributed by atoms with E-state index in [0.29, 0.717) is 5.69 Å². The molecule has 1 heteroatoms. The summed E-state index contributed by atoms with van der Waals surface area (Å²) in [6, 6.07) is 7.46. The first kappa shape index (κ1) is 7.56. The van der Waals surface area contributed by atoms with Gasteiger partial charge in [-0.05, 0) is 18.6 Å². The van der Waals surface area contributed by atoms with E-state index in [0.717, 1.165) is 11.1 Å². The molecule has 0 atom stereocenters. The summed E-state index contributed by atoms with van der Waals surface area (Å²) in [6.07, 6.45) is 0. The standard InChI is InChI=1S/C10H9N/c1-8(2)9-5-4-6-10(7-9)11-3/h4-7H,1H2,2H3. The molecule has 0 bridgehead atoms. The highest BCUT2D eigenvalue weighted by atomic mass is 14.6. The fourth-order valence-corrected chi connectivity index (χ4v) is 0.841. The van der Waals surface area contributed by atoms with E-state index in [9.17, 15) is 0 Å². The van der Waals surface area contributed by atoms with Gasteiger partial charge >= 0.3 is 0 Å². The van der Waals surface area contributed by atoms with Crippen molar-refractivity contribution in [3.63, 3.8) is 0 Å². The van der Waals surface area contributed by atoms with Crippen molar-refractivity contribution in [1.82, 2.24) is 0 Å². The molecule has 0 spiro atoms. The number of benzene rings is 1. The maximum Gasteiger partial charge on any atom is 0.187 e. The van der Waals surface area contributed by atoms with Gasteiger partial charge in [0.05, 0.1) is 6.57 Å². The lowest BCUT2D eigenvalue weighted by atomic mass is 10.1. The zero-order chi connectivity index (χ0) is 8.27. The predicted molar refractivity (Wildman–Crippen MR) is 47.4 cm³/mol. The van der Waals surface area contributed by atoms with Crippen molar-refractivity contribution in [2.45, 2.75) is 6.92 Å². The smallest absolute Gasteiger partial charge is 0.187 e. The average molecular weight is 143 g/mol. The molecule has 1 nitrogen and oxygen atoms in total. The molecular formula is C10H9N. The van der Waals surface area contributed by atoms with Crippen LogP contribution < -0.4 is 0 Å². The van der Waals surface area contributed by atoms with Crippen LogP contribution >= 0.6 is 0 Å². The zero-order valence-electron chi connectivity index (χ0n) is 6.46. The van der Waals surface area contributed by atoms with Crippen molar-refractivity contribution in [3.8, 4) is 0 Å². The van der Waals surface area contributed by atoms with Gasteiger partial charge in [-0.15, -0.1) is 0 Å². The van der Waals surface area contributed by atoms with Crippen LogP contribution in [0.3, 0.4) is 0 Å². The molecule has 1 aromatic rings. The first-order chi connectivity index (χ1) is 5.24. The number of rotatable bonds is 1. The molecule has 0 aliphatic heterocycles.